The van der Waals surface area contributed by atoms with Gasteiger partial charge in [-0.25, -0.2) is 0 Å². The second-order valence-electron chi connectivity index (χ2n) is 4.55. The molecule has 2 amide bonds. The van der Waals surface area contributed by atoms with Crippen LogP contribution in [0.1, 0.15) is 16.8 Å². The van der Waals surface area contributed by atoms with Crippen molar-refractivity contribution < 1.29 is 19.5 Å². The van der Waals surface area contributed by atoms with Gasteiger partial charge in [-0.3, -0.25) is 14.4 Å². The van der Waals surface area contributed by atoms with Crippen molar-refractivity contribution in [3.8, 4) is 0 Å². The molecule has 1 atom stereocenters. The molecule has 6 heteroatoms. The number of nitrogens with one attached hydrogen (secondary N) is 1. The third-order valence-corrected chi connectivity index (χ3v) is 3.06. The van der Waals surface area contributed by atoms with E-state index in [2.05, 4.69) is 5.32 Å². The number of fused-ring (bicyclic) bond motifs is 1. The van der Waals surface area contributed by atoms with E-state index in [-0.39, 0.29) is 0 Å². The first kappa shape index (κ1) is 14.5. The predicted octanol–water partition coefficient (Wildman–Crippen LogP) is 0.898. The average Bonchev–Trinajstić information content (AvgIpc) is 2.45. The van der Waals surface area contributed by atoms with Gasteiger partial charge in [0.2, 0.25) is 5.91 Å². The molecule has 108 valence electrons. The molecule has 0 saturated carbocycles. The van der Waals surface area contributed by atoms with Gasteiger partial charge < -0.3 is 16.2 Å². The van der Waals surface area contributed by atoms with Gasteiger partial charge in [0.15, 0.2) is 0 Å². The average molecular weight is 286 g/mol. The Morgan fingerprint density at radius 1 is 1.10 bits per heavy atom. The minimum Gasteiger partial charge on any atom is -0.481 e. The van der Waals surface area contributed by atoms with E-state index in [4.69, 9.17) is 10.8 Å². The zero-order valence-corrected chi connectivity index (χ0v) is 11.1. The number of amides is 2. The summed E-state index contributed by atoms with van der Waals surface area (Å²) < 4.78 is 0. The van der Waals surface area contributed by atoms with Gasteiger partial charge in [-0.2, -0.15) is 0 Å². The Labute approximate surface area is 120 Å². The largest absolute Gasteiger partial charge is 0.481 e. The lowest BCUT2D eigenvalue weighted by Crippen LogP contribution is -2.45. The topological polar surface area (TPSA) is 109 Å². The van der Waals surface area contributed by atoms with Crippen molar-refractivity contribution in [1.29, 1.82) is 0 Å². The van der Waals surface area contributed by atoms with Gasteiger partial charge in [0.25, 0.3) is 5.91 Å². The molecule has 2 rings (SSSR count). The molecule has 0 radical (unpaired) electrons. The number of carbonyl (C=O) groups is 3. The van der Waals surface area contributed by atoms with Crippen molar-refractivity contribution >= 4 is 28.6 Å². The fourth-order valence-corrected chi connectivity index (χ4v) is 2.06. The number of hydrogen-bond donors (Lipinski definition) is 3. The molecule has 21 heavy (non-hydrogen) atoms. The highest BCUT2D eigenvalue weighted by Gasteiger charge is 2.22. The summed E-state index contributed by atoms with van der Waals surface area (Å²) in [6, 6.07) is 11.2. The lowest BCUT2D eigenvalue weighted by Gasteiger charge is -2.14. The Balaban J connectivity index is 2.29. The van der Waals surface area contributed by atoms with Gasteiger partial charge in [-0.05, 0) is 16.8 Å². The van der Waals surface area contributed by atoms with Crippen molar-refractivity contribution in [2.45, 2.75) is 12.5 Å². The summed E-state index contributed by atoms with van der Waals surface area (Å²) in [4.78, 5) is 34.1. The first-order chi connectivity index (χ1) is 9.99. The molecule has 0 aliphatic rings. The standard InChI is InChI=1S/C15H14N2O4/c16-14(20)12(8-13(18)19)17-15(21)11-7-3-5-9-4-1-2-6-10(9)11/h1-7,12H,8H2,(H2,16,20)(H,17,21)(H,18,19)/t12-/m1/s1. The molecule has 0 aliphatic heterocycles. The van der Waals surface area contributed by atoms with Crippen LogP contribution in [0.15, 0.2) is 42.5 Å². The zero-order valence-electron chi connectivity index (χ0n) is 11.1. The number of nitrogens with two attached hydrogens (primary N) is 1. The van der Waals surface area contributed by atoms with Gasteiger partial charge in [0.05, 0.1) is 6.42 Å². The highest BCUT2D eigenvalue weighted by atomic mass is 16.4. The number of rotatable bonds is 5. The molecule has 2 aromatic rings. The molecule has 0 unspecified atom stereocenters. The molecule has 0 aromatic heterocycles. The van der Waals surface area contributed by atoms with Crippen LogP contribution in [0.5, 0.6) is 0 Å². The van der Waals surface area contributed by atoms with Crippen LogP contribution in [0.3, 0.4) is 0 Å². The van der Waals surface area contributed by atoms with Crippen molar-refractivity contribution in [3.05, 3.63) is 48.0 Å². The number of aliphatic carboxylic acids is 1. The molecular weight excluding hydrogens is 272 g/mol. The van der Waals surface area contributed by atoms with E-state index < -0.39 is 30.2 Å². The van der Waals surface area contributed by atoms with E-state index in [1.807, 2.05) is 18.2 Å². The molecule has 0 saturated heterocycles. The van der Waals surface area contributed by atoms with Crippen LogP contribution in [-0.4, -0.2) is 28.9 Å². The molecule has 0 aliphatic carbocycles. The van der Waals surface area contributed by atoms with Crippen molar-refractivity contribution in [3.63, 3.8) is 0 Å². The second-order valence-corrected chi connectivity index (χ2v) is 4.55. The van der Waals surface area contributed by atoms with Gasteiger partial charge in [0, 0.05) is 5.56 Å². The molecule has 2 aromatic carbocycles. The SMILES string of the molecule is NC(=O)[C@@H](CC(=O)O)NC(=O)c1cccc2ccccc12. The summed E-state index contributed by atoms with van der Waals surface area (Å²) in [5.41, 5.74) is 5.47. The van der Waals surface area contributed by atoms with E-state index >= 15 is 0 Å². The predicted molar refractivity (Wildman–Crippen MR) is 76.6 cm³/mol. The van der Waals surface area contributed by atoms with Crippen LogP contribution in [0.2, 0.25) is 0 Å². The second kappa shape index (κ2) is 6.04. The van der Waals surface area contributed by atoms with E-state index in [0.29, 0.717) is 5.56 Å². The first-order valence-electron chi connectivity index (χ1n) is 6.29. The van der Waals surface area contributed by atoms with Crippen LogP contribution < -0.4 is 11.1 Å². The maximum absolute atomic E-state index is 12.2. The molecule has 0 bridgehead atoms. The van der Waals surface area contributed by atoms with Crippen LogP contribution in [0, 0.1) is 0 Å². The van der Waals surface area contributed by atoms with Crippen LogP contribution in [0.4, 0.5) is 0 Å². The Kier molecular flexibility index (Phi) is 4.18. The minimum atomic E-state index is -1.24. The fourth-order valence-electron chi connectivity index (χ4n) is 2.06. The van der Waals surface area contributed by atoms with E-state index in [0.717, 1.165) is 10.8 Å². The monoisotopic (exact) mass is 286 g/mol. The third kappa shape index (κ3) is 3.36. The summed E-state index contributed by atoms with van der Waals surface area (Å²) in [6.45, 7) is 0. The summed E-state index contributed by atoms with van der Waals surface area (Å²) >= 11 is 0. The number of carboxylic acid groups (broad SMARTS) is 1. The molecule has 6 nitrogen and oxygen atoms in total. The van der Waals surface area contributed by atoms with Crippen LogP contribution >= 0.6 is 0 Å². The summed E-state index contributed by atoms with van der Waals surface area (Å²) in [5, 5.41) is 12.7. The van der Waals surface area contributed by atoms with E-state index in [9.17, 15) is 14.4 Å². The number of benzene rings is 2. The minimum absolute atomic E-state index is 0.365. The van der Waals surface area contributed by atoms with Gasteiger partial charge >= 0.3 is 5.97 Å². The maximum atomic E-state index is 12.2. The lowest BCUT2D eigenvalue weighted by atomic mass is 10.0. The lowest BCUT2D eigenvalue weighted by molar-refractivity contribution is -0.139. The Morgan fingerprint density at radius 3 is 2.43 bits per heavy atom. The maximum Gasteiger partial charge on any atom is 0.305 e. The van der Waals surface area contributed by atoms with Gasteiger partial charge in [-0.15, -0.1) is 0 Å². The Hall–Kier alpha value is -2.89. The third-order valence-electron chi connectivity index (χ3n) is 3.06. The van der Waals surface area contributed by atoms with Crippen molar-refractivity contribution in [2.24, 2.45) is 5.73 Å². The summed E-state index contributed by atoms with van der Waals surface area (Å²) in [5.74, 6) is -2.63. The van der Waals surface area contributed by atoms with Gasteiger partial charge in [-0.1, -0.05) is 36.4 Å². The number of carbonyl (C=O) groups excluding carboxylic acids is 2. The van der Waals surface area contributed by atoms with Crippen LogP contribution in [0.25, 0.3) is 10.8 Å². The van der Waals surface area contributed by atoms with Crippen LogP contribution in [-0.2, 0) is 9.59 Å². The van der Waals surface area contributed by atoms with Crippen molar-refractivity contribution in [2.75, 3.05) is 0 Å². The summed E-state index contributed by atoms with van der Waals surface area (Å²) in [6.07, 6.45) is -0.550. The first-order valence-corrected chi connectivity index (χ1v) is 6.29. The zero-order chi connectivity index (χ0) is 15.4. The highest BCUT2D eigenvalue weighted by Crippen LogP contribution is 2.18. The smallest absolute Gasteiger partial charge is 0.305 e. The van der Waals surface area contributed by atoms with Gasteiger partial charge in [0.1, 0.15) is 6.04 Å². The number of carboxylic acids is 1. The number of hydrogen-bond acceptors (Lipinski definition) is 3. The normalized spacial score (nSPS) is 11.8. The Bertz CT molecular complexity index is 706. The molecule has 0 spiro atoms. The highest BCUT2D eigenvalue weighted by molar-refractivity contribution is 6.08. The molecular formula is C15H14N2O4. The fraction of sp³-hybridized carbons (Fsp3) is 0.133. The van der Waals surface area contributed by atoms with Crippen molar-refractivity contribution in [1.82, 2.24) is 5.32 Å². The molecule has 0 fully saturated rings. The quantitative estimate of drug-likeness (QED) is 0.758. The van der Waals surface area contributed by atoms with E-state index in [1.165, 1.54) is 0 Å². The van der Waals surface area contributed by atoms with E-state index in [1.54, 1.807) is 24.3 Å². The Morgan fingerprint density at radius 2 is 1.76 bits per heavy atom. The molecule has 0 heterocycles. The molecule has 4 N–H and O–H groups in total. The summed E-state index contributed by atoms with van der Waals surface area (Å²) in [7, 11) is 0. The number of primary amides is 1.